The molecule has 0 aliphatic rings. The van der Waals surface area contributed by atoms with Gasteiger partial charge in [0, 0.05) is 45.6 Å². The Morgan fingerprint density at radius 1 is 0.711 bits per heavy atom. The fourth-order valence-corrected chi connectivity index (χ4v) is 6.12. The molecular formula is C39H32N4O2. The monoisotopic (exact) mass is 588 g/mol. The Bertz CT molecular complexity index is 2390. The maximum Gasteiger partial charge on any atom is 0.160 e. The van der Waals surface area contributed by atoms with Crippen LogP contribution in [0.1, 0.15) is 26.3 Å². The molecule has 0 amide bonds. The van der Waals surface area contributed by atoms with Crippen LogP contribution in [-0.4, -0.2) is 9.55 Å². The number of para-hydroxylation sites is 2. The third kappa shape index (κ3) is 4.62. The molecule has 6 heteroatoms. The lowest BCUT2D eigenvalue weighted by molar-refractivity contribution is 0.483. The second-order valence-corrected chi connectivity index (χ2v) is 12.4. The summed E-state index contributed by atoms with van der Waals surface area (Å²) in [5, 5.41) is 7.82. The molecule has 0 unspecified atom stereocenters. The van der Waals surface area contributed by atoms with Gasteiger partial charge in [-0.2, -0.15) is 0 Å². The second-order valence-electron chi connectivity index (χ2n) is 12.4. The third-order valence-electron chi connectivity index (χ3n) is 8.42. The molecule has 0 aliphatic carbocycles. The van der Waals surface area contributed by atoms with E-state index in [1.54, 1.807) is 0 Å². The highest BCUT2D eigenvalue weighted by atomic mass is 16.5. The van der Waals surface area contributed by atoms with Crippen LogP contribution in [-0.2, 0) is 5.41 Å². The number of benzene rings is 5. The molecule has 6 nitrogen and oxygen atoms in total. The molecule has 3 aromatic heterocycles. The summed E-state index contributed by atoms with van der Waals surface area (Å²) in [4.78, 5) is 4.80. The van der Waals surface area contributed by atoms with E-state index >= 15 is 0 Å². The van der Waals surface area contributed by atoms with Crippen molar-refractivity contribution < 1.29 is 9.15 Å². The average molecular weight is 589 g/mol. The second kappa shape index (κ2) is 10.2. The number of fused-ring (bicyclic) bond motifs is 6. The minimum Gasteiger partial charge on any atom is -0.457 e. The molecule has 5 aromatic carbocycles. The van der Waals surface area contributed by atoms with E-state index < -0.39 is 0 Å². The van der Waals surface area contributed by atoms with Crippen LogP contribution in [0.15, 0.2) is 126 Å². The maximum atomic E-state index is 6.58. The highest BCUT2D eigenvalue weighted by molar-refractivity contribution is 6.11. The molecule has 45 heavy (non-hydrogen) atoms. The first-order valence-electron chi connectivity index (χ1n) is 15.1. The fraction of sp³-hybridized carbons (Fsp3) is 0.103. The van der Waals surface area contributed by atoms with E-state index in [1.807, 2.05) is 72.9 Å². The molecule has 0 fully saturated rings. The number of ether oxygens (including phenoxy) is 1. The molecule has 0 spiro atoms. The zero-order valence-electron chi connectivity index (χ0n) is 25.3. The summed E-state index contributed by atoms with van der Waals surface area (Å²) in [7, 11) is 0. The number of nitrogens with one attached hydrogen (secondary N) is 1. The lowest BCUT2D eigenvalue weighted by Crippen LogP contribution is -2.12. The Hall–Kier alpha value is -5.75. The van der Waals surface area contributed by atoms with Crippen molar-refractivity contribution in [2.45, 2.75) is 26.2 Å². The number of furan rings is 1. The SMILES string of the molecule is CC(C)(C)c1ccnc(-n2c3ccccc3c3ccc(Oc4cccc(Nc5ccc6c(oc7ccccc76)c5N)c4)cc32)c1. The number of anilines is 3. The van der Waals surface area contributed by atoms with Crippen LogP contribution in [0.4, 0.5) is 17.1 Å². The fourth-order valence-electron chi connectivity index (χ4n) is 6.12. The van der Waals surface area contributed by atoms with Crippen LogP contribution in [0, 0.1) is 0 Å². The first-order chi connectivity index (χ1) is 21.8. The maximum absolute atomic E-state index is 6.58. The van der Waals surface area contributed by atoms with Crippen LogP contribution >= 0.6 is 0 Å². The van der Waals surface area contributed by atoms with Gasteiger partial charge < -0.3 is 20.2 Å². The Kier molecular flexibility index (Phi) is 6.07. The number of hydrogen-bond donors (Lipinski definition) is 2. The van der Waals surface area contributed by atoms with Gasteiger partial charge in [0.2, 0.25) is 0 Å². The van der Waals surface area contributed by atoms with E-state index in [0.29, 0.717) is 17.0 Å². The van der Waals surface area contributed by atoms with Gasteiger partial charge in [0.1, 0.15) is 22.9 Å². The molecule has 8 rings (SSSR count). The number of hydrogen-bond acceptors (Lipinski definition) is 5. The summed E-state index contributed by atoms with van der Waals surface area (Å²) in [6.45, 7) is 6.66. The van der Waals surface area contributed by atoms with E-state index in [9.17, 15) is 0 Å². The average Bonchev–Trinajstić information content (AvgIpc) is 3.58. The summed E-state index contributed by atoms with van der Waals surface area (Å²) in [6.07, 6.45) is 1.90. The summed E-state index contributed by atoms with van der Waals surface area (Å²) in [5.74, 6) is 2.33. The summed E-state index contributed by atoms with van der Waals surface area (Å²) >= 11 is 0. The Morgan fingerprint density at radius 3 is 2.33 bits per heavy atom. The van der Waals surface area contributed by atoms with Crippen molar-refractivity contribution in [2.24, 2.45) is 0 Å². The van der Waals surface area contributed by atoms with Gasteiger partial charge in [0.25, 0.3) is 0 Å². The van der Waals surface area contributed by atoms with Gasteiger partial charge in [-0.25, -0.2) is 4.98 Å². The van der Waals surface area contributed by atoms with Gasteiger partial charge in [-0.1, -0.05) is 63.2 Å². The van der Waals surface area contributed by atoms with Crippen molar-refractivity contribution in [3.05, 3.63) is 127 Å². The molecule has 8 aromatic rings. The van der Waals surface area contributed by atoms with E-state index in [2.05, 4.69) is 79.2 Å². The first kappa shape index (κ1) is 26.8. The molecular weight excluding hydrogens is 556 g/mol. The minimum absolute atomic E-state index is 0.00621. The molecule has 3 heterocycles. The van der Waals surface area contributed by atoms with Crippen LogP contribution in [0.5, 0.6) is 11.5 Å². The van der Waals surface area contributed by atoms with Gasteiger partial charge in [-0.05, 0) is 71.6 Å². The number of aromatic nitrogens is 2. The zero-order chi connectivity index (χ0) is 30.7. The largest absolute Gasteiger partial charge is 0.457 e. The topological polar surface area (TPSA) is 78.2 Å². The number of nitrogens with zero attached hydrogens (tertiary/aromatic N) is 2. The van der Waals surface area contributed by atoms with E-state index in [-0.39, 0.29) is 5.41 Å². The Balaban J connectivity index is 1.14. The molecule has 0 saturated carbocycles. The van der Waals surface area contributed by atoms with Gasteiger partial charge in [-0.3, -0.25) is 4.57 Å². The van der Waals surface area contributed by atoms with Crippen molar-refractivity contribution in [1.82, 2.24) is 9.55 Å². The van der Waals surface area contributed by atoms with Crippen LogP contribution < -0.4 is 15.8 Å². The van der Waals surface area contributed by atoms with Crippen LogP contribution in [0.3, 0.4) is 0 Å². The number of nitrogen functional groups attached to an aromatic ring is 1. The predicted octanol–water partition coefficient (Wildman–Crippen LogP) is 10.5. The van der Waals surface area contributed by atoms with Crippen molar-refractivity contribution >= 4 is 60.8 Å². The number of pyridine rings is 1. The van der Waals surface area contributed by atoms with Gasteiger partial charge >= 0.3 is 0 Å². The van der Waals surface area contributed by atoms with Crippen LogP contribution in [0.25, 0.3) is 49.6 Å². The Labute approximate surface area is 260 Å². The van der Waals surface area contributed by atoms with Crippen molar-refractivity contribution in [3.8, 4) is 17.3 Å². The van der Waals surface area contributed by atoms with Crippen molar-refractivity contribution in [2.75, 3.05) is 11.1 Å². The molecule has 0 saturated heterocycles. The van der Waals surface area contributed by atoms with Crippen molar-refractivity contribution in [3.63, 3.8) is 0 Å². The molecule has 0 aliphatic heterocycles. The van der Waals surface area contributed by atoms with Crippen LogP contribution in [0.2, 0.25) is 0 Å². The number of nitrogens with two attached hydrogens (primary N) is 1. The molecule has 0 bridgehead atoms. The zero-order valence-corrected chi connectivity index (χ0v) is 25.3. The molecule has 0 radical (unpaired) electrons. The Morgan fingerprint density at radius 2 is 1.47 bits per heavy atom. The first-order valence-corrected chi connectivity index (χ1v) is 15.1. The molecule has 0 atom stereocenters. The normalized spacial score (nSPS) is 12.0. The molecule has 3 N–H and O–H groups in total. The van der Waals surface area contributed by atoms with Gasteiger partial charge in [-0.15, -0.1) is 0 Å². The summed E-state index contributed by atoms with van der Waals surface area (Å²) < 4.78 is 14.8. The standard InChI is InChI=1S/C39H32N4O2/c1-39(2,3)24-19-20-41-36(21-24)43-33-13-6-4-11-28(33)29-16-15-27(23-34(29)43)44-26-10-8-9-25(22-26)42-32-18-17-31-30-12-5-7-14-35(30)45-38(31)37(32)40/h4-23,42H,40H2,1-3H3. The van der Waals surface area contributed by atoms with E-state index in [4.69, 9.17) is 19.9 Å². The lowest BCUT2D eigenvalue weighted by atomic mass is 9.88. The third-order valence-corrected chi connectivity index (χ3v) is 8.42. The van der Waals surface area contributed by atoms with Gasteiger partial charge in [0.15, 0.2) is 5.58 Å². The molecule has 220 valence electrons. The minimum atomic E-state index is 0.00621. The van der Waals surface area contributed by atoms with Crippen molar-refractivity contribution in [1.29, 1.82) is 0 Å². The summed E-state index contributed by atoms with van der Waals surface area (Å²) in [5.41, 5.74) is 13.7. The highest BCUT2D eigenvalue weighted by Gasteiger charge is 2.18. The number of rotatable bonds is 5. The van der Waals surface area contributed by atoms with Gasteiger partial charge in [0.05, 0.1) is 22.4 Å². The predicted molar refractivity (Wildman–Crippen MR) is 185 cm³/mol. The smallest absolute Gasteiger partial charge is 0.160 e. The van der Waals surface area contributed by atoms with E-state index in [1.165, 1.54) is 10.9 Å². The lowest BCUT2D eigenvalue weighted by Gasteiger charge is -2.20. The highest BCUT2D eigenvalue weighted by Crippen LogP contribution is 2.39. The van der Waals surface area contributed by atoms with E-state index in [0.717, 1.165) is 55.7 Å². The summed E-state index contributed by atoms with van der Waals surface area (Å²) in [6, 6.07) is 38.8. The quantitative estimate of drug-likeness (QED) is 0.196.